The molecule has 7 heteroatoms. The molecule has 1 heterocycles. The van der Waals surface area contributed by atoms with Crippen LogP contribution in [0.15, 0.2) is 5.10 Å². The number of nitrogens with one attached hydrogen (secondary N) is 2. The number of carbonyl (C=O) groups is 2. The van der Waals surface area contributed by atoms with E-state index >= 15 is 0 Å². The summed E-state index contributed by atoms with van der Waals surface area (Å²) in [6, 6.07) is -0.905. The van der Waals surface area contributed by atoms with Crippen molar-refractivity contribution >= 4 is 17.7 Å². The molecule has 0 saturated carbocycles. The fourth-order valence-electron chi connectivity index (χ4n) is 0.846. The van der Waals surface area contributed by atoms with E-state index in [0.29, 0.717) is 0 Å². The van der Waals surface area contributed by atoms with E-state index in [-0.39, 0.29) is 5.71 Å². The molecule has 1 atom stereocenters. The number of hydrogen-bond acceptors (Lipinski definition) is 7. The van der Waals surface area contributed by atoms with Crippen LogP contribution in [-0.4, -0.2) is 37.9 Å². The van der Waals surface area contributed by atoms with Gasteiger partial charge in [0, 0.05) is 0 Å². The number of ether oxygens (including phenoxy) is 2. The van der Waals surface area contributed by atoms with Gasteiger partial charge in [-0.1, -0.05) is 0 Å². The minimum absolute atomic E-state index is 0.0469. The van der Waals surface area contributed by atoms with E-state index in [9.17, 15) is 9.59 Å². The molecule has 2 N–H and O–H groups in total. The summed E-state index contributed by atoms with van der Waals surface area (Å²) < 4.78 is 8.83. The maximum atomic E-state index is 11.0. The number of rotatable bonds is 2. The molecule has 0 aliphatic carbocycles. The first-order valence-corrected chi connectivity index (χ1v) is 3.45. The van der Waals surface area contributed by atoms with Crippen LogP contribution in [0.5, 0.6) is 0 Å². The molecule has 0 spiro atoms. The molecule has 0 radical (unpaired) electrons. The van der Waals surface area contributed by atoms with Crippen LogP contribution in [0.25, 0.3) is 0 Å². The van der Waals surface area contributed by atoms with E-state index in [1.54, 1.807) is 0 Å². The Labute approximate surface area is 74.0 Å². The van der Waals surface area contributed by atoms with Crippen molar-refractivity contribution in [2.75, 3.05) is 14.2 Å². The zero-order chi connectivity index (χ0) is 9.84. The van der Waals surface area contributed by atoms with Gasteiger partial charge < -0.3 is 9.47 Å². The van der Waals surface area contributed by atoms with Crippen LogP contribution >= 0.6 is 0 Å². The molecule has 0 amide bonds. The molecule has 1 aliphatic heterocycles. The van der Waals surface area contributed by atoms with Gasteiger partial charge >= 0.3 is 11.9 Å². The summed E-state index contributed by atoms with van der Waals surface area (Å²) in [6.45, 7) is 0. The molecule has 1 aliphatic rings. The van der Waals surface area contributed by atoms with Crippen LogP contribution in [0.3, 0.4) is 0 Å². The Kier molecular flexibility index (Phi) is 2.80. The second-order valence-corrected chi connectivity index (χ2v) is 2.20. The molecule has 0 bridgehead atoms. The molecule has 0 aromatic rings. The molecule has 1 rings (SSSR count). The quantitative estimate of drug-likeness (QED) is 0.494. The SMILES string of the molecule is COC(=O)C1=NNNC1C(=O)OC. The van der Waals surface area contributed by atoms with Gasteiger partial charge in [-0.3, -0.25) is 0 Å². The average Bonchev–Trinajstić information content (AvgIpc) is 2.63. The summed E-state index contributed by atoms with van der Waals surface area (Å²) in [5.41, 5.74) is 4.69. The minimum atomic E-state index is -0.905. The standard InChI is InChI=1S/C6H9N3O4/c1-12-5(10)3-4(6(11)13-2)8-9-7-3/h3,7,9H,1-2H3. The first-order chi connectivity index (χ1) is 6.20. The summed E-state index contributed by atoms with van der Waals surface area (Å²) in [6.07, 6.45) is 0. The first kappa shape index (κ1) is 9.46. The van der Waals surface area contributed by atoms with Gasteiger partial charge in [0.15, 0.2) is 11.8 Å². The van der Waals surface area contributed by atoms with Crippen molar-refractivity contribution < 1.29 is 19.1 Å². The number of hydrazine groups is 1. The number of methoxy groups -OCH3 is 2. The third kappa shape index (κ3) is 1.75. The van der Waals surface area contributed by atoms with Gasteiger partial charge in [0.1, 0.15) is 0 Å². The smallest absolute Gasteiger partial charge is 0.356 e. The van der Waals surface area contributed by atoms with Crippen LogP contribution in [0.4, 0.5) is 0 Å². The number of carbonyl (C=O) groups excluding carboxylic acids is 2. The molecular formula is C6H9N3O4. The van der Waals surface area contributed by atoms with E-state index in [2.05, 4.69) is 25.5 Å². The maximum absolute atomic E-state index is 11.0. The number of esters is 2. The van der Waals surface area contributed by atoms with Crippen molar-refractivity contribution in [3.63, 3.8) is 0 Å². The van der Waals surface area contributed by atoms with Crippen LogP contribution in [0.1, 0.15) is 0 Å². The maximum Gasteiger partial charge on any atom is 0.356 e. The highest BCUT2D eigenvalue weighted by Crippen LogP contribution is 1.98. The number of nitrogens with zero attached hydrogens (tertiary/aromatic N) is 1. The van der Waals surface area contributed by atoms with Crippen molar-refractivity contribution in [2.24, 2.45) is 5.10 Å². The normalized spacial score (nSPS) is 20.2. The van der Waals surface area contributed by atoms with E-state index in [1.165, 1.54) is 14.2 Å². The van der Waals surface area contributed by atoms with Crippen LogP contribution in [-0.2, 0) is 19.1 Å². The number of hydrazone groups is 1. The lowest BCUT2D eigenvalue weighted by atomic mass is 10.2. The molecule has 7 nitrogen and oxygen atoms in total. The Morgan fingerprint density at radius 1 is 1.38 bits per heavy atom. The molecule has 72 valence electrons. The van der Waals surface area contributed by atoms with Gasteiger partial charge in [0.2, 0.25) is 0 Å². The van der Waals surface area contributed by atoms with E-state index in [4.69, 9.17) is 0 Å². The van der Waals surface area contributed by atoms with Crippen LogP contribution in [0.2, 0.25) is 0 Å². The van der Waals surface area contributed by atoms with Gasteiger partial charge in [-0.25, -0.2) is 15.1 Å². The summed E-state index contributed by atoms with van der Waals surface area (Å²) in [4.78, 5) is 22.0. The predicted molar refractivity (Wildman–Crippen MR) is 41.5 cm³/mol. The molecule has 0 fully saturated rings. The highest BCUT2D eigenvalue weighted by molar-refractivity contribution is 6.42. The van der Waals surface area contributed by atoms with Crippen molar-refractivity contribution in [3.05, 3.63) is 0 Å². The zero-order valence-electron chi connectivity index (χ0n) is 7.16. The summed E-state index contributed by atoms with van der Waals surface area (Å²) in [5, 5.41) is 3.54. The minimum Gasteiger partial charge on any atom is -0.467 e. The lowest BCUT2D eigenvalue weighted by Gasteiger charge is -2.07. The Morgan fingerprint density at radius 3 is 2.62 bits per heavy atom. The van der Waals surface area contributed by atoms with Crippen LogP contribution < -0.4 is 11.0 Å². The lowest BCUT2D eigenvalue weighted by molar-refractivity contribution is -0.142. The molecule has 0 saturated heterocycles. The highest BCUT2D eigenvalue weighted by atomic mass is 16.5. The van der Waals surface area contributed by atoms with Gasteiger partial charge in [-0.15, -0.1) is 0 Å². The fraction of sp³-hybridized carbons (Fsp3) is 0.500. The van der Waals surface area contributed by atoms with E-state index < -0.39 is 18.0 Å². The third-order valence-corrected chi connectivity index (χ3v) is 1.49. The van der Waals surface area contributed by atoms with Crippen molar-refractivity contribution in [1.82, 2.24) is 11.0 Å². The predicted octanol–water partition coefficient (Wildman–Crippen LogP) is -1.84. The van der Waals surface area contributed by atoms with E-state index in [1.807, 2.05) is 0 Å². The van der Waals surface area contributed by atoms with Gasteiger partial charge in [-0.05, 0) is 0 Å². The highest BCUT2D eigenvalue weighted by Gasteiger charge is 2.34. The molecule has 0 aromatic carbocycles. The second kappa shape index (κ2) is 3.85. The Morgan fingerprint density at radius 2 is 2.08 bits per heavy atom. The Hall–Kier alpha value is -1.63. The first-order valence-electron chi connectivity index (χ1n) is 3.45. The average molecular weight is 187 g/mol. The molecular weight excluding hydrogens is 178 g/mol. The third-order valence-electron chi connectivity index (χ3n) is 1.49. The molecule has 13 heavy (non-hydrogen) atoms. The van der Waals surface area contributed by atoms with Crippen molar-refractivity contribution in [2.45, 2.75) is 6.04 Å². The zero-order valence-corrected chi connectivity index (χ0v) is 7.16. The summed E-state index contributed by atoms with van der Waals surface area (Å²) >= 11 is 0. The monoisotopic (exact) mass is 187 g/mol. The largest absolute Gasteiger partial charge is 0.467 e. The van der Waals surface area contributed by atoms with Crippen LogP contribution in [0, 0.1) is 0 Å². The fourth-order valence-corrected chi connectivity index (χ4v) is 0.846. The number of hydrogen-bond donors (Lipinski definition) is 2. The molecule has 1 unspecified atom stereocenters. The van der Waals surface area contributed by atoms with E-state index in [0.717, 1.165) is 0 Å². The topological polar surface area (TPSA) is 89.0 Å². The van der Waals surface area contributed by atoms with Crippen molar-refractivity contribution in [1.29, 1.82) is 0 Å². The van der Waals surface area contributed by atoms with Crippen molar-refractivity contribution in [3.8, 4) is 0 Å². The lowest BCUT2D eigenvalue weighted by Crippen LogP contribution is -2.44. The second-order valence-electron chi connectivity index (χ2n) is 2.20. The molecule has 0 aromatic heterocycles. The van der Waals surface area contributed by atoms with Gasteiger partial charge in [0.05, 0.1) is 14.2 Å². The summed E-state index contributed by atoms with van der Waals surface area (Å²) in [5.74, 6) is -1.28. The Bertz CT molecular complexity index is 263. The Balaban J connectivity index is 2.73. The summed E-state index contributed by atoms with van der Waals surface area (Å²) in [7, 11) is 2.43. The van der Waals surface area contributed by atoms with Gasteiger partial charge in [-0.2, -0.15) is 10.5 Å². The van der Waals surface area contributed by atoms with Gasteiger partial charge in [0.25, 0.3) is 0 Å².